The molecule has 0 fully saturated rings. The largest absolute Gasteiger partial charge is 0.493 e. The van der Waals surface area contributed by atoms with Crippen molar-refractivity contribution in [3.8, 4) is 5.75 Å². The summed E-state index contributed by atoms with van der Waals surface area (Å²) in [7, 11) is 0. The lowest BCUT2D eigenvalue weighted by Gasteiger charge is -2.18. The highest BCUT2D eigenvalue weighted by molar-refractivity contribution is 5.38. The van der Waals surface area contributed by atoms with E-state index in [1.807, 2.05) is 0 Å². The van der Waals surface area contributed by atoms with Crippen LogP contribution in [-0.2, 0) is 12.8 Å². The number of fused-ring (bicyclic) bond motifs is 1. The minimum absolute atomic E-state index is 0.572. The first kappa shape index (κ1) is 14.4. The average molecular weight is 262 g/mol. The van der Waals surface area contributed by atoms with E-state index in [4.69, 9.17) is 4.74 Å². The first-order valence-electron chi connectivity index (χ1n) is 7.44. The molecule has 106 valence electrons. The lowest BCUT2D eigenvalue weighted by atomic mass is 10.0. The molecule has 0 saturated carbocycles. The van der Waals surface area contributed by atoms with Crippen LogP contribution in [0.25, 0.3) is 0 Å². The maximum absolute atomic E-state index is 5.63. The van der Waals surface area contributed by atoms with E-state index in [1.165, 1.54) is 11.1 Å². The second kappa shape index (κ2) is 7.51. The number of hydrogen-bond acceptors (Lipinski definition) is 3. The van der Waals surface area contributed by atoms with Gasteiger partial charge in [-0.15, -0.1) is 0 Å². The van der Waals surface area contributed by atoms with Gasteiger partial charge in [0.2, 0.25) is 0 Å². The quantitative estimate of drug-likeness (QED) is 0.739. The summed E-state index contributed by atoms with van der Waals surface area (Å²) in [5, 5.41) is 6.88. The summed E-state index contributed by atoms with van der Waals surface area (Å²) >= 11 is 0. The summed E-state index contributed by atoms with van der Waals surface area (Å²) in [6, 6.07) is 7.20. The van der Waals surface area contributed by atoms with Crippen molar-refractivity contribution in [2.75, 3.05) is 26.2 Å². The Balaban J connectivity index is 1.68. The van der Waals surface area contributed by atoms with E-state index in [-0.39, 0.29) is 0 Å². The molecule has 0 unspecified atom stereocenters. The van der Waals surface area contributed by atoms with Gasteiger partial charge >= 0.3 is 0 Å². The summed E-state index contributed by atoms with van der Waals surface area (Å²) < 4.78 is 5.63. The number of nitrogens with one attached hydrogen (secondary N) is 2. The molecule has 0 aromatic heterocycles. The van der Waals surface area contributed by atoms with Crippen molar-refractivity contribution in [1.29, 1.82) is 0 Å². The van der Waals surface area contributed by atoms with Crippen LogP contribution in [0.2, 0.25) is 0 Å². The minimum Gasteiger partial charge on any atom is -0.493 e. The molecule has 19 heavy (non-hydrogen) atoms. The van der Waals surface area contributed by atoms with Gasteiger partial charge in [0.1, 0.15) is 5.75 Å². The van der Waals surface area contributed by atoms with Crippen molar-refractivity contribution in [2.45, 2.75) is 39.2 Å². The summed E-state index contributed by atoms with van der Waals surface area (Å²) in [5.74, 6) is 1.09. The van der Waals surface area contributed by atoms with Crippen molar-refractivity contribution in [3.63, 3.8) is 0 Å². The summed E-state index contributed by atoms with van der Waals surface area (Å²) in [5.41, 5.74) is 2.79. The molecule has 1 aromatic carbocycles. The Kier molecular flexibility index (Phi) is 5.67. The van der Waals surface area contributed by atoms with Gasteiger partial charge in [0.15, 0.2) is 0 Å². The number of rotatable bonds is 7. The van der Waals surface area contributed by atoms with E-state index in [1.54, 1.807) is 0 Å². The summed E-state index contributed by atoms with van der Waals surface area (Å²) in [6.07, 6.45) is 3.40. The van der Waals surface area contributed by atoms with E-state index in [2.05, 4.69) is 42.7 Å². The molecule has 0 radical (unpaired) electrons. The molecule has 0 aliphatic carbocycles. The van der Waals surface area contributed by atoms with Gasteiger partial charge < -0.3 is 15.4 Å². The van der Waals surface area contributed by atoms with Crippen molar-refractivity contribution in [1.82, 2.24) is 10.6 Å². The third-order valence-electron chi connectivity index (χ3n) is 3.42. The van der Waals surface area contributed by atoms with Crippen LogP contribution in [0.4, 0.5) is 0 Å². The molecule has 0 atom stereocenters. The fourth-order valence-corrected chi connectivity index (χ4v) is 2.38. The molecular formula is C16H26N2O. The normalized spacial score (nSPS) is 14.3. The van der Waals surface area contributed by atoms with Crippen LogP contribution in [0.3, 0.4) is 0 Å². The Hall–Kier alpha value is -1.06. The van der Waals surface area contributed by atoms with Crippen LogP contribution < -0.4 is 15.4 Å². The van der Waals surface area contributed by atoms with Gasteiger partial charge in [-0.25, -0.2) is 0 Å². The highest BCUT2D eigenvalue weighted by Crippen LogP contribution is 2.25. The third-order valence-corrected chi connectivity index (χ3v) is 3.42. The van der Waals surface area contributed by atoms with E-state index in [0.717, 1.165) is 51.3 Å². The Morgan fingerprint density at radius 1 is 1.21 bits per heavy atom. The fraction of sp³-hybridized carbons (Fsp3) is 0.625. The zero-order valence-corrected chi connectivity index (χ0v) is 12.2. The lowest BCUT2D eigenvalue weighted by molar-refractivity contribution is 0.288. The predicted molar refractivity (Wildman–Crippen MR) is 80.0 cm³/mol. The van der Waals surface area contributed by atoms with E-state index in [9.17, 15) is 0 Å². The molecule has 3 nitrogen and oxygen atoms in total. The molecule has 1 aliphatic heterocycles. The SMILES string of the molecule is CC(C)NCCNCCc1ccc2c(c1)CCCO2. The van der Waals surface area contributed by atoms with Crippen LogP contribution >= 0.6 is 0 Å². The molecule has 0 amide bonds. The van der Waals surface area contributed by atoms with Gasteiger partial charge in [0.05, 0.1) is 6.61 Å². The standard InChI is InChI=1S/C16H26N2O/c1-13(2)18-10-9-17-8-7-14-5-6-16-15(12-14)4-3-11-19-16/h5-6,12-13,17-18H,3-4,7-11H2,1-2H3. The highest BCUT2D eigenvalue weighted by atomic mass is 16.5. The number of aryl methyl sites for hydroxylation is 1. The molecule has 1 aromatic rings. The number of ether oxygens (including phenoxy) is 1. The Morgan fingerprint density at radius 2 is 2.11 bits per heavy atom. The Labute approximate surface area is 116 Å². The highest BCUT2D eigenvalue weighted by Gasteiger charge is 2.10. The second-order valence-electron chi connectivity index (χ2n) is 5.50. The van der Waals surface area contributed by atoms with Gasteiger partial charge in [-0.1, -0.05) is 26.0 Å². The Bertz CT molecular complexity index is 390. The van der Waals surface area contributed by atoms with E-state index >= 15 is 0 Å². The maximum atomic E-state index is 5.63. The zero-order chi connectivity index (χ0) is 13.5. The monoisotopic (exact) mass is 262 g/mol. The maximum Gasteiger partial charge on any atom is 0.122 e. The Morgan fingerprint density at radius 3 is 2.95 bits per heavy atom. The molecule has 3 heteroatoms. The van der Waals surface area contributed by atoms with Crippen molar-refractivity contribution in [3.05, 3.63) is 29.3 Å². The van der Waals surface area contributed by atoms with E-state index < -0.39 is 0 Å². The fourth-order valence-electron chi connectivity index (χ4n) is 2.38. The van der Waals surface area contributed by atoms with Crippen LogP contribution in [0.5, 0.6) is 5.75 Å². The van der Waals surface area contributed by atoms with Crippen molar-refractivity contribution >= 4 is 0 Å². The first-order valence-corrected chi connectivity index (χ1v) is 7.44. The lowest BCUT2D eigenvalue weighted by Crippen LogP contribution is -2.32. The van der Waals surface area contributed by atoms with Crippen molar-refractivity contribution in [2.24, 2.45) is 0 Å². The molecular weight excluding hydrogens is 236 g/mol. The molecule has 2 rings (SSSR count). The predicted octanol–water partition coefficient (Wildman–Crippen LogP) is 2.14. The minimum atomic E-state index is 0.572. The van der Waals surface area contributed by atoms with Crippen LogP contribution in [-0.4, -0.2) is 32.3 Å². The summed E-state index contributed by atoms with van der Waals surface area (Å²) in [4.78, 5) is 0. The topological polar surface area (TPSA) is 33.3 Å². The van der Waals surface area contributed by atoms with Gasteiger partial charge in [-0.05, 0) is 43.0 Å². The number of hydrogen-bond donors (Lipinski definition) is 2. The molecule has 2 N–H and O–H groups in total. The zero-order valence-electron chi connectivity index (χ0n) is 12.2. The molecule has 1 aliphatic rings. The first-order chi connectivity index (χ1) is 9.25. The van der Waals surface area contributed by atoms with E-state index in [0.29, 0.717) is 6.04 Å². The molecule has 0 spiro atoms. The number of benzene rings is 1. The molecule has 0 bridgehead atoms. The third kappa shape index (κ3) is 4.84. The van der Waals surface area contributed by atoms with Crippen LogP contribution in [0.1, 0.15) is 31.4 Å². The van der Waals surface area contributed by atoms with Crippen LogP contribution in [0, 0.1) is 0 Å². The van der Waals surface area contributed by atoms with Crippen molar-refractivity contribution < 1.29 is 4.74 Å². The molecule has 0 saturated heterocycles. The second-order valence-corrected chi connectivity index (χ2v) is 5.50. The summed E-state index contributed by atoms with van der Waals surface area (Å²) in [6.45, 7) is 8.34. The molecule has 1 heterocycles. The average Bonchev–Trinajstić information content (AvgIpc) is 2.42. The van der Waals surface area contributed by atoms with Gasteiger partial charge in [0, 0.05) is 19.1 Å². The van der Waals surface area contributed by atoms with Gasteiger partial charge in [-0.3, -0.25) is 0 Å². The smallest absolute Gasteiger partial charge is 0.122 e. The van der Waals surface area contributed by atoms with Gasteiger partial charge in [-0.2, -0.15) is 0 Å². The van der Waals surface area contributed by atoms with Crippen LogP contribution in [0.15, 0.2) is 18.2 Å². The van der Waals surface area contributed by atoms with Gasteiger partial charge in [0.25, 0.3) is 0 Å².